The van der Waals surface area contributed by atoms with E-state index in [-0.39, 0.29) is 18.3 Å². The first kappa shape index (κ1) is 21.8. The predicted octanol–water partition coefficient (Wildman–Crippen LogP) is 2.20. The highest BCUT2D eigenvalue weighted by Crippen LogP contribution is 2.55. The number of aliphatic hydroxyl groups is 3. The summed E-state index contributed by atoms with van der Waals surface area (Å²) in [4.78, 5) is 11.9. The second-order valence-electron chi connectivity index (χ2n) is 9.86. The van der Waals surface area contributed by atoms with Gasteiger partial charge in [-0.25, -0.2) is 0 Å². The van der Waals surface area contributed by atoms with Crippen molar-refractivity contribution in [3.63, 3.8) is 0 Å². The summed E-state index contributed by atoms with van der Waals surface area (Å²) < 4.78 is 12.2. The van der Waals surface area contributed by atoms with Crippen LogP contribution in [0, 0.1) is 23.7 Å². The summed E-state index contributed by atoms with van der Waals surface area (Å²) >= 11 is 0. The van der Waals surface area contributed by atoms with Crippen molar-refractivity contribution in [1.82, 2.24) is 0 Å². The summed E-state index contributed by atoms with van der Waals surface area (Å²) in [6.45, 7) is 13.3. The maximum atomic E-state index is 11.9. The Balaban J connectivity index is 2.13. The Labute approximate surface area is 167 Å². The van der Waals surface area contributed by atoms with Gasteiger partial charge >= 0.3 is 5.97 Å². The first-order valence-corrected chi connectivity index (χ1v) is 10.5. The summed E-state index contributed by atoms with van der Waals surface area (Å²) in [6.07, 6.45) is -1.17. The third kappa shape index (κ3) is 3.42. The maximum Gasteiger partial charge on any atom is 0.303 e. The molecule has 6 heteroatoms. The Hall–Kier alpha value is -0.950. The number of rotatable bonds is 2. The molecule has 9 atom stereocenters. The molecule has 0 unspecified atom stereocenters. The van der Waals surface area contributed by atoms with Crippen LogP contribution in [0.4, 0.5) is 0 Å². The predicted molar refractivity (Wildman–Crippen MR) is 104 cm³/mol. The third-order valence-electron chi connectivity index (χ3n) is 7.52. The van der Waals surface area contributed by atoms with Crippen LogP contribution in [0.2, 0.25) is 0 Å². The Morgan fingerprint density at radius 1 is 1.29 bits per heavy atom. The van der Waals surface area contributed by atoms with E-state index < -0.39 is 41.6 Å². The summed E-state index contributed by atoms with van der Waals surface area (Å²) in [7, 11) is 0. The normalized spacial score (nSPS) is 49.2. The van der Waals surface area contributed by atoms with E-state index in [1.54, 1.807) is 0 Å². The van der Waals surface area contributed by atoms with Crippen molar-refractivity contribution in [3.05, 3.63) is 12.2 Å². The van der Waals surface area contributed by atoms with Crippen molar-refractivity contribution in [2.75, 3.05) is 0 Å². The molecule has 0 aromatic heterocycles. The Bertz CT molecular complexity index is 629. The summed E-state index contributed by atoms with van der Waals surface area (Å²) in [6, 6.07) is 0. The van der Waals surface area contributed by atoms with Gasteiger partial charge in [0, 0.05) is 18.8 Å². The van der Waals surface area contributed by atoms with E-state index in [9.17, 15) is 20.1 Å². The van der Waals surface area contributed by atoms with Crippen LogP contribution in [0.3, 0.4) is 0 Å². The molecule has 3 rings (SSSR count). The number of hydrogen-bond acceptors (Lipinski definition) is 6. The summed E-state index contributed by atoms with van der Waals surface area (Å²) in [5.74, 6) is 0.229. The molecule has 0 aromatic rings. The van der Waals surface area contributed by atoms with Crippen LogP contribution in [0.15, 0.2) is 12.2 Å². The number of carbonyl (C=O) groups is 1. The van der Waals surface area contributed by atoms with Gasteiger partial charge in [0.15, 0.2) is 0 Å². The van der Waals surface area contributed by atoms with Gasteiger partial charge in [-0.15, -0.1) is 0 Å². The van der Waals surface area contributed by atoms with Crippen molar-refractivity contribution in [2.45, 2.75) is 95.9 Å². The van der Waals surface area contributed by atoms with Crippen LogP contribution in [-0.2, 0) is 14.3 Å². The lowest BCUT2D eigenvalue weighted by Crippen LogP contribution is -2.57. The molecular weight excluding hydrogens is 360 g/mol. The summed E-state index contributed by atoms with van der Waals surface area (Å²) in [5.41, 5.74) is -1.67. The highest BCUT2D eigenvalue weighted by molar-refractivity contribution is 5.66. The zero-order valence-corrected chi connectivity index (χ0v) is 17.7. The molecule has 3 N–H and O–H groups in total. The molecule has 0 spiro atoms. The number of fused-ring (bicyclic) bond motifs is 5. The van der Waals surface area contributed by atoms with Gasteiger partial charge in [0.2, 0.25) is 0 Å². The van der Waals surface area contributed by atoms with Gasteiger partial charge in [-0.2, -0.15) is 0 Å². The fraction of sp³-hybridized carbons (Fsp3) is 0.864. The molecule has 3 fully saturated rings. The topological polar surface area (TPSA) is 96.2 Å². The third-order valence-corrected chi connectivity index (χ3v) is 7.52. The molecule has 6 nitrogen and oxygen atoms in total. The molecular formula is C22H36O6. The van der Waals surface area contributed by atoms with E-state index in [4.69, 9.17) is 9.47 Å². The second-order valence-corrected chi connectivity index (χ2v) is 9.86. The van der Waals surface area contributed by atoms with Gasteiger partial charge in [0.25, 0.3) is 0 Å². The van der Waals surface area contributed by atoms with E-state index in [0.29, 0.717) is 18.3 Å². The van der Waals surface area contributed by atoms with Gasteiger partial charge in [-0.1, -0.05) is 26.0 Å². The molecule has 1 aliphatic carbocycles. The molecule has 2 saturated heterocycles. The molecule has 28 heavy (non-hydrogen) atoms. The molecule has 1 saturated carbocycles. The van der Waals surface area contributed by atoms with Crippen LogP contribution in [-0.4, -0.2) is 56.9 Å². The highest BCUT2D eigenvalue weighted by Gasteiger charge is 2.62. The van der Waals surface area contributed by atoms with Crippen molar-refractivity contribution >= 4 is 5.97 Å². The van der Waals surface area contributed by atoms with Gasteiger partial charge in [0.05, 0.1) is 12.2 Å². The van der Waals surface area contributed by atoms with Gasteiger partial charge < -0.3 is 24.8 Å². The van der Waals surface area contributed by atoms with E-state index in [0.717, 1.165) is 18.4 Å². The maximum absolute atomic E-state index is 11.9. The smallest absolute Gasteiger partial charge is 0.303 e. The zero-order valence-electron chi connectivity index (χ0n) is 17.7. The van der Waals surface area contributed by atoms with Crippen molar-refractivity contribution in [3.8, 4) is 0 Å². The Morgan fingerprint density at radius 2 is 1.93 bits per heavy atom. The van der Waals surface area contributed by atoms with Crippen LogP contribution in [0.1, 0.15) is 60.3 Å². The van der Waals surface area contributed by atoms with Crippen LogP contribution in [0.25, 0.3) is 0 Å². The van der Waals surface area contributed by atoms with E-state index in [2.05, 4.69) is 20.4 Å². The van der Waals surface area contributed by atoms with Gasteiger partial charge in [-0.05, 0) is 51.4 Å². The fourth-order valence-electron chi connectivity index (χ4n) is 5.88. The van der Waals surface area contributed by atoms with Gasteiger partial charge in [0.1, 0.15) is 23.4 Å². The number of esters is 1. The van der Waals surface area contributed by atoms with Crippen LogP contribution in [0.5, 0.6) is 0 Å². The molecule has 0 radical (unpaired) electrons. The second kappa shape index (κ2) is 7.38. The molecule has 0 aromatic carbocycles. The van der Waals surface area contributed by atoms with Crippen molar-refractivity contribution in [2.24, 2.45) is 23.7 Å². The monoisotopic (exact) mass is 396 g/mol. The molecule has 3 aliphatic rings. The Kier molecular flexibility index (Phi) is 5.74. The van der Waals surface area contributed by atoms with E-state index in [1.165, 1.54) is 13.8 Å². The van der Waals surface area contributed by atoms with E-state index in [1.807, 2.05) is 6.92 Å². The minimum Gasteiger partial charge on any atom is -0.457 e. The van der Waals surface area contributed by atoms with Crippen molar-refractivity contribution < 1.29 is 29.6 Å². The fourth-order valence-corrected chi connectivity index (χ4v) is 5.88. The average molecular weight is 397 g/mol. The lowest BCUT2D eigenvalue weighted by atomic mass is 9.60. The quantitative estimate of drug-likeness (QED) is 0.489. The standard InChI is InChI=1S/C22H36O6/c1-11(2)14-8-7-12(3)16-17(14)20-21(5,28-13(4)23)10-9-15(24)22(6,26)19(25)18(16)27-20/h11,14-20,24-26H,3,7-10H2,1-2,4-6H3/t14-,15+,16+,17-,18-,19+,20+,21-,22-/m1/s1. The summed E-state index contributed by atoms with van der Waals surface area (Å²) in [5, 5.41) is 32.6. The SMILES string of the molecule is C=C1CC[C@H](C(C)C)[C@@H]2[C@H]1[C@H]1O[C@@H]2[C@](C)(OC(C)=O)CC[C@H](O)[C@@](C)(O)[C@H]1O. The largest absolute Gasteiger partial charge is 0.457 e. The molecule has 160 valence electrons. The van der Waals surface area contributed by atoms with Crippen LogP contribution >= 0.6 is 0 Å². The molecule has 0 amide bonds. The number of hydrogen-bond donors (Lipinski definition) is 3. The average Bonchev–Trinajstić information content (AvgIpc) is 3.00. The number of aliphatic hydroxyl groups excluding tert-OH is 2. The first-order valence-electron chi connectivity index (χ1n) is 10.5. The first-order chi connectivity index (χ1) is 12.9. The zero-order chi connectivity index (χ0) is 21.0. The Morgan fingerprint density at radius 3 is 2.50 bits per heavy atom. The lowest BCUT2D eigenvalue weighted by molar-refractivity contribution is -0.189. The highest BCUT2D eigenvalue weighted by atomic mass is 16.6. The van der Waals surface area contributed by atoms with Crippen molar-refractivity contribution in [1.29, 1.82) is 0 Å². The molecule has 2 bridgehead atoms. The molecule has 2 heterocycles. The minimum absolute atomic E-state index is 0.0382. The minimum atomic E-state index is -1.73. The van der Waals surface area contributed by atoms with Crippen LogP contribution < -0.4 is 0 Å². The number of carbonyl (C=O) groups excluding carboxylic acids is 1. The van der Waals surface area contributed by atoms with Gasteiger partial charge in [-0.3, -0.25) is 4.79 Å². The van der Waals surface area contributed by atoms with E-state index >= 15 is 0 Å². The lowest BCUT2D eigenvalue weighted by Gasteiger charge is -2.46. The molecule has 2 aliphatic heterocycles. The number of ether oxygens (including phenoxy) is 2.